The maximum Gasteiger partial charge on any atom is 0.225 e. The van der Waals surface area contributed by atoms with Crippen molar-refractivity contribution in [2.45, 2.75) is 37.1 Å². The van der Waals surface area contributed by atoms with Gasteiger partial charge in [0, 0.05) is 30.4 Å². The summed E-state index contributed by atoms with van der Waals surface area (Å²) in [6.07, 6.45) is 9.68. The Bertz CT molecular complexity index is 1290. The Balaban J connectivity index is 1.30. The van der Waals surface area contributed by atoms with Gasteiger partial charge in [0.1, 0.15) is 18.0 Å². The first-order chi connectivity index (χ1) is 17.2. The molecule has 0 bridgehead atoms. The van der Waals surface area contributed by atoms with Crippen LogP contribution in [-0.4, -0.2) is 49.9 Å². The smallest absolute Gasteiger partial charge is 0.225 e. The zero-order chi connectivity index (χ0) is 24.2. The monoisotopic (exact) mass is 496 g/mol. The second kappa shape index (κ2) is 10.5. The molecule has 4 heterocycles. The number of hydrogen-bond acceptors (Lipinski definition) is 10. The van der Waals surface area contributed by atoms with Crippen LogP contribution in [0, 0.1) is 5.82 Å². The lowest BCUT2D eigenvalue weighted by Gasteiger charge is -2.32. The number of aryl methyl sites for hydroxylation is 1. The highest BCUT2D eigenvalue weighted by Gasteiger charge is 2.25. The van der Waals surface area contributed by atoms with Crippen LogP contribution in [0.5, 0.6) is 0 Å². The fourth-order valence-electron chi connectivity index (χ4n) is 4.08. The summed E-state index contributed by atoms with van der Waals surface area (Å²) in [5, 5.41) is 8.41. The molecule has 1 fully saturated rings. The van der Waals surface area contributed by atoms with Crippen LogP contribution in [0.4, 0.5) is 21.8 Å². The molecule has 5 rings (SSSR count). The number of anilines is 3. The number of nitrogens with one attached hydrogen (secondary N) is 1. The lowest BCUT2D eigenvalue weighted by atomic mass is 10.1. The molecular formula is C23H25FN8O2S. The highest BCUT2D eigenvalue weighted by Crippen LogP contribution is 2.31. The molecule has 1 N–H and O–H groups in total. The second-order valence-electron chi connectivity index (χ2n) is 8.10. The van der Waals surface area contributed by atoms with Crippen LogP contribution < -0.4 is 10.2 Å². The van der Waals surface area contributed by atoms with Crippen LogP contribution >= 0.6 is 12.0 Å². The van der Waals surface area contributed by atoms with Crippen molar-refractivity contribution in [2.75, 3.05) is 30.4 Å². The molecule has 3 aromatic heterocycles. The molecule has 0 saturated carbocycles. The molecule has 12 heteroatoms. The van der Waals surface area contributed by atoms with Crippen molar-refractivity contribution in [2.24, 2.45) is 0 Å². The summed E-state index contributed by atoms with van der Waals surface area (Å²) < 4.78 is 21.3. The molecule has 1 aromatic carbocycles. The Morgan fingerprint density at radius 1 is 1.11 bits per heavy atom. The van der Waals surface area contributed by atoms with Gasteiger partial charge in [-0.2, -0.15) is 9.43 Å². The Labute approximate surface area is 206 Å². The molecule has 0 unspecified atom stereocenters. The molecule has 0 radical (unpaired) electrons. The number of rotatable bonds is 8. The third kappa shape index (κ3) is 5.04. The summed E-state index contributed by atoms with van der Waals surface area (Å²) in [6.45, 7) is 3.75. The largest absolute Gasteiger partial charge is 0.341 e. The molecule has 0 aliphatic carbocycles. The van der Waals surface area contributed by atoms with Gasteiger partial charge < -0.3 is 10.2 Å². The standard InChI is InChI=1S/C23H25FN8O2S/c1-3-15-11-25-23(26-12-15)31-8-6-16(7-9-31)32-22-18(13-29-32)21(27-14-28-22)30-20-5-4-17(10-19(20)24)35-34-33-2/h4-5,10-14,16H,3,6-9H2,1-2H3,(H,27,28,30). The number of hydrogen-bond donors (Lipinski definition) is 1. The van der Waals surface area contributed by atoms with Crippen molar-refractivity contribution in [1.82, 2.24) is 29.7 Å². The number of benzene rings is 1. The SMILES string of the molecule is CCc1cnc(N2CCC(n3ncc4c(Nc5ccc(SOOC)cc5F)ncnc43)CC2)nc1. The molecule has 35 heavy (non-hydrogen) atoms. The summed E-state index contributed by atoms with van der Waals surface area (Å²) in [6, 6.07) is 4.90. The van der Waals surface area contributed by atoms with Crippen LogP contribution in [0.1, 0.15) is 31.4 Å². The van der Waals surface area contributed by atoms with E-state index >= 15 is 0 Å². The van der Waals surface area contributed by atoms with E-state index in [-0.39, 0.29) is 6.04 Å². The number of piperidine rings is 1. The quantitative estimate of drug-likeness (QED) is 0.213. The topological polar surface area (TPSA) is 103 Å². The fourth-order valence-corrected chi connectivity index (χ4v) is 4.51. The maximum atomic E-state index is 14.6. The van der Waals surface area contributed by atoms with Gasteiger partial charge in [-0.3, -0.25) is 0 Å². The molecule has 0 atom stereocenters. The Morgan fingerprint density at radius 3 is 2.63 bits per heavy atom. The average Bonchev–Trinajstić information content (AvgIpc) is 3.34. The van der Waals surface area contributed by atoms with E-state index in [1.54, 1.807) is 18.3 Å². The predicted octanol–water partition coefficient (Wildman–Crippen LogP) is 4.49. The molecule has 1 aliphatic heterocycles. The van der Waals surface area contributed by atoms with Crippen LogP contribution in [0.15, 0.2) is 48.0 Å². The van der Waals surface area contributed by atoms with Crippen LogP contribution in [0.3, 0.4) is 0 Å². The first kappa shape index (κ1) is 23.4. The highest BCUT2D eigenvalue weighted by atomic mass is 32.2. The van der Waals surface area contributed by atoms with Gasteiger partial charge in [0.2, 0.25) is 5.95 Å². The van der Waals surface area contributed by atoms with E-state index in [2.05, 4.69) is 47.1 Å². The summed E-state index contributed by atoms with van der Waals surface area (Å²) in [5.41, 5.74) is 2.14. The van der Waals surface area contributed by atoms with E-state index in [9.17, 15) is 4.39 Å². The summed E-state index contributed by atoms with van der Waals surface area (Å²) in [4.78, 5) is 25.1. The van der Waals surface area contributed by atoms with Crippen molar-refractivity contribution in [3.05, 3.63) is 54.5 Å². The molecule has 10 nitrogen and oxygen atoms in total. The lowest BCUT2D eigenvalue weighted by molar-refractivity contribution is -0.160. The van der Waals surface area contributed by atoms with Crippen molar-refractivity contribution in [3.63, 3.8) is 0 Å². The minimum Gasteiger partial charge on any atom is -0.341 e. The normalized spacial score (nSPS) is 14.5. The number of halogens is 1. The first-order valence-corrected chi connectivity index (χ1v) is 12.1. The average molecular weight is 497 g/mol. The number of aromatic nitrogens is 6. The van der Waals surface area contributed by atoms with Crippen molar-refractivity contribution >= 4 is 40.5 Å². The molecular weight excluding hydrogens is 471 g/mol. The van der Waals surface area contributed by atoms with Gasteiger partial charge in [-0.05, 0) is 43.0 Å². The number of nitrogens with zero attached hydrogens (tertiary/aromatic N) is 7. The van der Waals surface area contributed by atoms with Crippen LogP contribution in [0.25, 0.3) is 11.0 Å². The predicted molar refractivity (Wildman–Crippen MR) is 131 cm³/mol. The fraction of sp³-hybridized carbons (Fsp3) is 0.348. The van der Waals surface area contributed by atoms with Gasteiger partial charge in [0.15, 0.2) is 5.65 Å². The zero-order valence-electron chi connectivity index (χ0n) is 19.4. The van der Waals surface area contributed by atoms with E-state index in [1.807, 2.05) is 17.1 Å². The maximum absolute atomic E-state index is 14.6. The Kier molecular flexibility index (Phi) is 7.02. The Morgan fingerprint density at radius 2 is 1.91 bits per heavy atom. The molecule has 4 aromatic rings. The van der Waals surface area contributed by atoms with E-state index < -0.39 is 5.82 Å². The van der Waals surface area contributed by atoms with E-state index in [1.165, 1.54) is 19.5 Å². The molecule has 0 spiro atoms. The molecule has 0 amide bonds. The minimum absolute atomic E-state index is 0.190. The molecule has 1 aliphatic rings. The van der Waals surface area contributed by atoms with Gasteiger partial charge in [0.05, 0.1) is 42.5 Å². The van der Waals surface area contributed by atoms with Gasteiger partial charge in [-0.25, -0.2) is 33.9 Å². The molecule has 1 saturated heterocycles. The second-order valence-corrected chi connectivity index (χ2v) is 8.87. The van der Waals surface area contributed by atoms with Gasteiger partial charge >= 0.3 is 0 Å². The minimum atomic E-state index is -0.435. The summed E-state index contributed by atoms with van der Waals surface area (Å²) in [5.74, 6) is 0.825. The van der Waals surface area contributed by atoms with Gasteiger partial charge in [-0.1, -0.05) is 6.92 Å². The Hall–Kier alpha value is -3.35. The zero-order valence-corrected chi connectivity index (χ0v) is 20.2. The third-order valence-electron chi connectivity index (χ3n) is 5.98. The van der Waals surface area contributed by atoms with Crippen LogP contribution in [0.2, 0.25) is 0 Å². The van der Waals surface area contributed by atoms with E-state index in [0.29, 0.717) is 22.0 Å². The van der Waals surface area contributed by atoms with Crippen molar-refractivity contribution in [1.29, 1.82) is 0 Å². The van der Waals surface area contributed by atoms with Crippen LogP contribution in [-0.2, 0) is 15.6 Å². The van der Waals surface area contributed by atoms with Crippen molar-refractivity contribution < 1.29 is 13.6 Å². The number of fused-ring (bicyclic) bond motifs is 1. The van der Waals surface area contributed by atoms with E-state index in [0.717, 1.165) is 61.3 Å². The van der Waals surface area contributed by atoms with Gasteiger partial charge in [-0.15, -0.1) is 0 Å². The molecule has 182 valence electrons. The lowest BCUT2D eigenvalue weighted by Crippen LogP contribution is -2.36. The summed E-state index contributed by atoms with van der Waals surface area (Å²) >= 11 is 0.931. The van der Waals surface area contributed by atoms with Crippen molar-refractivity contribution in [3.8, 4) is 0 Å². The van der Waals surface area contributed by atoms with Gasteiger partial charge in [0.25, 0.3) is 0 Å². The first-order valence-electron chi connectivity index (χ1n) is 11.3. The summed E-state index contributed by atoms with van der Waals surface area (Å²) in [7, 11) is 1.39. The third-order valence-corrected chi connectivity index (χ3v) is 6.63. The highest BCUT2D eigenvalue weighted by molar-refractivity contribution is 7.94. The van der Waals surface area contributed by atoms with E-state index in [4.69, 9.17) is 4.33 Å².